The minimum atomic E-state index is -4.42. The Balaban J connectivity index is 0.000000399. The number of hydrogen-bond donors (Lipinski definition) is 0. The number of carbonyl (C=O) groups excluding carboxylic acids is 1. The van der Waals surface area contributed by atoms with Gasteiger partial charge in [-0.1, -0.05) is 0 Å². The van der Waals surface area contributed by atoms with Crippen LogP contribution in [0.15, 0.2) is 48.9 Å². The molecule has 0 unspecified atom stereocenters. The zero-order valence-electron chi connectivity index (χ0n) is 13.4. The second kappa shape index (κ2) is 8.27. The molecule has 3 rings (SSSR count). The average molecular weight is 351 g/mol. The number of nitrogens with zero attached hydrogens (tertiary/aromatic N) is 3. The van der Waals surface area contributed by atoms with E-state index in [1.807, 2.05) is 16.7 Å². The van der Waals surface area contributed by atoms with Crippen molar-refractivity contribution in [3.63, 3.8) is 0 Å². The molecule has 3 aromatic heterocycles. The maximum atomic E-state index is 12.6. The van der Waals surface area contributed by atoms with E-state index in [0.29, 0.717) is 30.7 Å². The van der Waals surface area contributed by atoms with Crippen molar-refractivity contribution in [3.8, 4) is 0 Å². The minimum absolute atomic E-state index is 0.342. The number of halogens is 3. The van der Waals surface area contributed by atoms with Gasteiger partial charge in [0.25, 0.3) is 6.47 Å². The molecule has 25 heavy (non-hydrogen) atoms. The van der Waals surface area contributed by atoms with Crippen molar-refractivity contribution in [1.29, 1.82) is 0 Å². The molecule has 3 aromatic rings. The average Bonchev–Trinajstić information content (AvgIpc) is 2.99. The van der Waals surface area contributed by atoms with Crippen molar-refractivity contribution in [1.82, 2.24) is 14.5 Å². The first-order valence-electron chi connectivity index (χ1n) is 7.43. The summed E-state index contributed by atoms with van der Waals surface area (Å²) in [6.45, 7) is 3.23. The summed E-state index contributed by atoms with van der Waals surface area (Å²) in [5.74, 6) is 0. The van der Waals surface area contributed by atoms with Gasteiger partial charge in [-0.2, -0.15) is 13.2 Å². The maximum absolute atomic E-state index is 12.6. The highest BCUT2D eigenvalue weighted by molar-refractivity contribution is 5.76. The number of carbonyl (C=O) groups is 1. The van der Waals surface area contributed by atoms with Gasteiger partial charge >= 0.3 is 6.18 Å². The monoisotopic (exact) mass is 351 g/mol. The van der Waals surface area contributed by atoms with Crippen LogP contribution in [0.1, 0.15) is 18.2 Å². The van der Waals surface area contributed by atoms with Crippen molar-refractivity contribution < 1.29 is 22.7 Å². The number of fused-ring (bicyclic) bond motifs is 1. The van der Waals surface area contributed by atoms with Gasteiger partial charge in [-0.15, -0.1) is 0 Å². The Labute approximate surface area is 142 Å². The number of aromatic nitrogens is 3. The first-order valence-corrected chi connectivity index (χ1v) is 7.43. The second-order valence-electron chi connectivity index (χ2n) is 4.95. The minimum Gasteiger partial charge on any atom is -0.468 e. The topological polar surface area (TPSA) is 57.0 Å². The predicted octanol–water partition coefficient (Wildman–Crippen LogP) is 3.68. The molecule has 5 nitrogen and oxygen atoms in total. The summed E-state index contributed by atoms with van der Waals surface area (Å²) >= 11 is 0. The normalized spacial score (nSPS) is 10.9. The summed E-state index contributed by atoms with van der Waals surface area (Å²) < 4.78 is 43.8. The maximum Gasteiger partial charge on any atom is 0.433 e. The molecule has 0 saturated carbocycles. The Hall–Kier alpha value is -2.90. The molecule has 0 saturated heterocycles. The van der Waals surface area contributed by atoms with E-state index in [1.54, 1.807) is 31.6 Å². The van der Waals surface area contributed by atoms with Crippen molar-refractivity contribution in [3.05, 3.63) is 60.2 Å². The van der Waals surface area contributed by atoms with Gasteiger partial charge in [0, 0.05) is 25.1 Å². The third-order valence-electron chi connectivity index (χ3n) is 3.25. The van der Waals surface area contributed by atoms with Crippen molar-refractivity contribution in [2.75, 3.05) is 6.61 Å². The van der Waals surface area contributed by atoms with Crippen LogP contribution in [-0.4, -0.2) is 27.6 Å². The van der Waals surface area contributed by atoms with Gasteiger partial charge in [-0.25, -0.2) is 4.98 Å². The van der Waals surface area contributed by atoms with E-state index in [1.165, 1.54) is 6.07 Å². The van der Waals surface area contributed by atoms with Crippen LogP contribution in [-0.2, 0) is 22.3 Å². The highest BCUT2D eigenvalue weighted by Gasteiger charge is 2.32. The molecule has 3 heterocycles. The van der Waals surface area contributed by atoms with Gasteiger partial charge < -0.3 is 9.30 Å². The Morgan fingerprint density at radius 1 is 1.16 bits per heavy atom. The van der Waals surface area contributed by atoms with Crippen LogP contribution in [0.4, 0.5) is 13.2 Å². The van der Waals surface area contributed by atoms with Crippen LogP contribution < -0.4 is 0 Å². The summed E-state index contributed by atoms with van der Waals surface area (Å²) in [6, 6.07) is 7.77. The van der Waals surface area contributed by atoms with E-state index in [4.69, 9.17) is 0 Å². The van der Waals surface area contributed by atoms with Crippen LogP contribution >= 0.6 is 0 Å². The van der Waals surface area contributed by atoms with E-state index in [-0.39, 0.29) is 0 Å². The molecular weight excluding hydrogens is 335 g/mol. The van der Waals surface area contributed by atoms with Gasteiger partial charge in [0.05, 0.1) is 17.6 Å². The third kappa shape index (κ3) is 5.03. The highest BCUT2D eigenvalue weighted by atomic mass is 19.4. The third-order valence-corrected chi connectivity index (χ3v) is 3.25. The first kappa shape index (κ1) is 18.4. The SMILES string of the molecule is CCOC=O.FC(F)(F)c1ccc2c(ccn2Cc2ccncc2)n1. The van der Waals surface area contributed by atoms with Gasteiger partial charge in [0.1, 0.15) is 5.69 Å². The zero-order chi connectivity index (χ0) is 18.3. The lowest BCUT2D eigenvalue weighted by Gasteiger charge is -2.07. The molecule has 8 heteroatoms. The van der Waals surface area contributed by atoms with Crippen molar-refractivity contribution in [2.24, 2.45) is 0 Å². The molecule has 0 N–H and O–H groups in total. The van der Waals surface area contributed by atoms with Crippen LogP contribution in [0, 0.1) is 0 Å². The number of pyridine rings is 2. The molecule has 0 radical (unpaired) electrons. The lowest BCUT2D eigenvalue weighted by molar-refractivity contribution is -0.141. The Morgan fingerprint density at radius 3 is 2.44 bits per heavy atom. The molecule has 0 aliphatic carbocycles. The molecule has 0 amide bonds. The Kier molecular flexibility index (Phi) is 6.10. The van der Waals surface area contributed by atoms with E-state index in [2.05, 4.69) is 14.7 Å². The van der Waals surface area contributed by atoms with Crippen LogP contribution in [0.3, 0.4) is 0 Å². The van der Waals surface area contributed by atoms with E-state index in [9.17, 15) is 18.0 Å². The first-order chi connectivity index (χ1) is 12.0. The lowest BCUT2D eigenvalue weighted by Crippen LogP contribution is -2.07. The Morgan fingerprint density at radius 2 is 1.88 bits per heavy atom. The number of alkyl halides is 3. The van der Waals surface area contributed by atoms with Crippen LogP contribution in [0.2, 0.25) is 0 Å². The summed E-state index contributed by atoms with van der Waals surface area (Å²) in [6.07, 6.45) is 0.682. The van der Waals surface area contributed by atoms with E-state index in [0.717, 1.165) is 11.6 Å². The largest absolute Gasteiger partial charge is 0.468 e. The fourth-order valence-electron chi connectivity index (χ4n) is 2.12. The quantitative estimate of drug-likeness (QED) is 0.673. The molecule has 0 fully saturated rings. The van der Waals surface area contributed by atoms with Gasteiger partial charge in [-0.05, 0) is 42.8 Å². The smallest absolute Gasteiger partial charge is 0.433 e. The predicted molar refractivity (Wildman–Crippen MR) is 85.8 cm³/mol. The van der Waals surface area contributed by atoms with Gasteiger partial charge in [0.15, 0.2) is 0 Å². The Bertz CT molecular complexity index is 817. The van der Waals surface area contributed by atoms with Crippen molar-refractivity contribution in [2.45, 2.75) is 19.6 Å². The van der Waals surface area contributed by atoms with E-state index >= 15 is 0 Å². The summed E-state index contributed by atoms with van der Waals surface area (Å²) in [7, 11) is 0. The van der Waals surface area contributed by atoms with Crippen LogP contribution in [0.25, 0.3) is 11.0 Å². The standard InChI is InChI=1S/C14H10F3N3.C3H6O2/c15-14(16,17)13-2-1-12-11(19-13)5-8-20(12)9-10-3-6-18-7-4-10;1-2-5-3-4/h1-8H,9H2;3H,2H2,1H3. The van der Waals surface area contributed by atoms with Crippen LogP contribution in [0.5, 0.6) is 0 Å². The molecule has 0 aromatic carbocycles. The van der Waals surface area contributed by atoms with Gasteiger partial charge in [-0.3, -0.25) is 9.78 Å². The highest BCUT2D eigenvalue weighted by Crippen LogP contribution is 2.29. The molecule has 0 spiro atoms. The number of ether oxygens (including phenoxy) is 1. The summed E-state index contributed by atoms with van der Waals surface area (Å²) in [5.41, 5.74) is 1.17. The lowest BCUT2D eigenvalue weighted by atomic mass is 10.2. The molecule has 0 bridgehead atoms. The summed E-state index contributed by atoms with van der Waals surface area (Å²) in [5, 5.41) is 0. The number of rotatable bonds is 4. The fraction of sp³-hybridized carbons (Fsp3) is 0.235. The summed E-state index contributed by atoms with van der Waals surface area (Å²) in [4.78, 5) is 16.8. The number of hydrogen-bond acceptors (Lipinski definition) is 4. The fourth-order valence-corrected chi connectivity index (χ4v) is 2.12. The molecule has 132 valence electrons. The molecule has 0 atom stereocenters. The zero-order valence-corrected chi connectivity index (χ0v) is 13.4. The van der Waals surface area contributed by atoms with Gasteiger partial charge in [0.2, 0.25) is 0 Å². The molecule has 0 aliphatic rings. The molecular formula is C17H16F3N3O2. The van der Waals surface area contributed by atoms with E-state index < -0.39 is 11.9 Å². The second-order valence-corrected chi connectivity index (χ2v) is 4.95. The molecule has 0 aliphatic heterocycles. The van der Waals surface area contributed by atoms with Crippen molar-refractivity contribution >= 4 is 17.5 Å².